The molecule has 1 atom stereocenters. The van der Waals surface area contributed by atoms with Crippen LogP contribution in [0.2, 0.25) is 5.02 Å². The lowest BCUT2D eigenvalue weighted by atomic mass is 10.1. The number of sulfone groups is 1. The van der Waals surface area contributed by atoms with Gasteiger partial charge in [-0.25, -0.2) is 8.42 Å². The van der Waals surface area contributed by atoms with Gasteiger partial charge >= 0.3 is 0 Å². The molecule has 0 radical (unpaired) electrons. The van der Waals surface area contributed by atoms with Crippen molar-refractivity contribution in [1.82, 2.24) is 0 Å². The summed E-state index contributed by atoms with van der Waals surface area (Å²) in [5, 5.41) is 0.701. The molecule has 0 saturated carbocycles. The first-order valence-electron chi connectivity index (χ1n) is 6.87. The largest absolute Gasteiger partial charge is 0.370 e. The second-order valence-electron chi connectivity index (χ2n) is 5.45. The maximum Gasteiger partial charge on any atom is 0.152 e. The van der Waals surface area contributed by atoms with Crippen molar-refractivity contribution in [2.45, 2.75) is 25.8 Å². The number of nitrogens with zero attached hydrogens (tertiary/aromatic N) is 1. The number of rotatable bonds is 3. The van der Waals surface area contributed by atoms with Gasteiger partial charge < -0.3 is 10.6 Å². The van der Waals surface area contributed by atoms with Crippen LogP contribution >= 0.6 is 11.6 Å². The predicted octanol–water partition coefficient (Wildman–Crippen LogP) is 1.85. The molecule has 1 aromatic rings. The summed E-state index contributed by atoms with van der Waals surface area (Å²) in [6.07, 6.45) is 1.41. The number of anilines is 1. The molecule has 0 spiro atoms. The molecule has 6 heteroatoms. The topological polar surface area (TPSA) is 63.4 Å². The Morgan fingerprint density at radius 1 is 1.35 bits per heavy atom. The van der Waals surface area contributed by atoms with E-state index >= 15 is 0 Å². The third-order valence-electron chi connectivity index (χ3n) is 3.50. The van der Waals surface area contributed by atoms with Crippen LogP contribution in [0.15, 0.2) is 18.2 Å². The first kappa shape index (κ1) is 15.6. The van der Waals surface area contributed by atoms with Crippen LogP contribution in [0.1, 0.15) is 18.9 Å². The van der Waals surface area contributed by atoms with Gasteiger partial charge in [0.1, 0.15) is 0 Å². The smallest absolute Gasteiger partial charge is 0.152 e. The molecule has 1 aliphatic rings. The van der Waals surface area contributed by atoms with Crippen LogP contribution in [0.3, 0.4) is 0 Å². The first-order valence-corrected chi connectivity index (χ1v) is 9.07. The summed E-state index contributed by atoms with van der Waals surface area (Å²) in [6, 6.07) is 5.97. The van der Waals surface area contributed by atoms with Gasteiger partial charge in [-0.1, -0.05) is 17.7 Å². The minimum atomic E-state index is -2.89. The number of hydrogen-bond donors (Lipinski definition) is 1. The summed E-state index contributed by atoms with van der Waals surface area (Å²) >= 11 is 6.29. The zero-order chi connectivity index (χ0) is 14.8. The van der Waals surface area contributed by atoms with Crippen LogP contribution in [-0.4, -0.2) is 39.1 Å². The molecule has 1 unspecified atom stereocenters. The number of benzene rings is 1. The third-order valence-corrected chi connectivity index (χ3v) is 5.57. The Labute approximate surface area is 125 Å². The predicted molar refractivity (Wildman–Crippen MR) is 84.3 cm³/mol. The monoisotopic (exact) mass is 316 g/mol. The van der Waals surface area contributed by atoms with Crippen LogP contribution in [0.5, 0.6) is 0 Å². The van der Waals surface area contributed by atoms with Gasteiger partial charge in [0.2, 0.25) is 0 Å². The molecule has 20 heavy (non-hydrogen) atoms. The first-order chi connectivity index (χ1) is 9.37. The van der Waals surface area contributed by atoms with Gasteiger partial charge in [-0.2, -0.15) is 0 Å². The molecule has 0 amide bonds. The minimum absolute atomic E-state index is 0.0710. The minimum Gasteiger partial charge on any atom is -0.370 e. The number of nitrogens with two attached hydrogens (primary N) is 1. The fourth-order valence-corrected chi connectivity index (χ4v) is 3.97. The Hall–Kier alpha value is -0.780. The molecule has 1 aliphatic heterocycles. The Morgan fingerprint density at radius 2 is 2.10 bits per heavy atom. The van der Waals surface area contributed by atoms with Gasteiger partial charge in [0, 0.05) is 29.8 Å². The fourth-order valence-electron chi connectivity index (χ4n) is 2.44. The van der Waals surface area contributed by atoms with Crippen LogP contribution in [0, 0.1) is 0 Å². The quantitative estimate of drug-likeness (QED) is 0.924. The SMILES string of the molecule is CC(N)Cc1ccc(N2CCCS(=O)(=O)CC2)cc1Cl. The lowest BCUT2D eigenvalue weighted by Crippen LogP contribution is -2.26. The second kappa shape index (κ2) is 6.33. The molecule has 0 aromatic heterocycles. The molecule has 1 fully saturated rings. The highest BCUT2D eigenvalue weighted by Gasteiger charge is 2.19. The van der Waals surface area contributed by atoms with Crippen molar-refractivity contribution >= 4 is 27.1 Å². The van der Waals surface area contributed by atoms with Gasteiger partial charge in [0.25, 0.3) is 0 Å². The Bertz CT molecular complexity index is 573. The maximum absolute atomic E-state index is 11.6. The molecule has 4 nitrogen and oxygen atoms in total. The molecule has 1 heterocycles. The van der Waals surface area contributed by atoms with Gasteiger partial charge in [-0.3, -0.25) is 0 Å². The van der Waals surface area contributed by atoms with Gasteiger partial charge in [0.15, 0.2) is 9.84 Å². The van der Waals surface area contributed by atoms with E-state index in [0.29, 0.717) is 18.0 Å². The number of halogens is 1. The molecule has 0 bridgehead atoms. The molecule has 112 valence electrons. The standard InChI is InChI=1S/C14H21ClN2O2S/c1-11(16)9-12-3-4-13(10-14(12)15)17-5-2-7-20(18,19)8-6-17/h3-4,10-11H,2,5-9,16H2,1H3. The van der Waals surface area contributed by atoms with E-state index in [-0.39, 0.29) is 17.5 Å². The second-order valence-corrected chi connectivity index (χ2v) is 8.16. The summed E-state index contributed by atoms with van der Waals surface area (Å²) in [7, 11) is -2.89. The summed E-state index contributed by atoms with van der Waals surface area (Å²) < 4.78 is 23.2. The van der Waals surface area contributed by atoms with Crippen molar-refractivity contribution < 1.29 is 8.42 Å². The zero-order valence-corrected chi connectivity index (χ0v) is 13.3. The summed E-state index contributed by atoms with van der Waals surface area (Å²) in [5.41, 5.74) is 7.81. The van der Waals surface area contributed by atoms with Crippen LogP contribution < -0.4 is 10.6 Å². The van der Waals surface area contributed by atoms with Crippen LogP contribution in [0.4, 0.5) is 5.69 Å². The average Bonchev–Trinajstić information content (AvgIpc) is 2.52. The fraction of sp³-hybridized carbons (Fsp3) is 0.571. The van der Waals surface area contributed by atoms with Crippen molar-refractivity contribution in [1.29, 1.82) is 0 Å². The van der Waals surface area contributed by atoms with Gasteiger partial charge in [-0.05, 0) is 37.5 Å². The molecule has 2 N–H and O–H groups in total. The Morgan fingerprint density at radius 3 is 2.75 bits per heavy atom. The van der Waals surface area contributed by atoms with Gasteiger partial charge in [-0.15, -0.1) is 0 Å². The lowest BCUT2D eigenvalue weighted by Gasteiger charge is -2.23. The van der Waals surface area contributed by atoms with Crippen LogP contribution in [0.25, 0.3) is 0 Å². The summed E-state index contributed by atoms with van der Waals surface area (Å²) in [5.74, 6) is 0.492. The van der Waals surface area contributed by atoms with Crippen molar-refractivity contribution in [3.05, 3.63) is 28.8 Å². The van der Waals surface area contributed by atoms with E-state index in [1.807, 2.05) is 25.1 Å². The van der Waals surface area contributed by atoms with E-state index in [1.54, 1.807) is 0 Å². The summed E-state index contributed by atoms with van der Waals surface area (Å²) in [6.45, 7) is 3.23. The third kappa shape index (κ3) is 4.11. The average molecular weight is 317 g/mol. The molecular weight excluding hydrogens is 296 g/mol. The van der Waals surface area contributed by atoms with Gasteiger partial charge in [0.05, 0.1) is 11.5 Å². The lowest BCUT2D eigenvalue weighted by molar-refractivity contribution is 0.597. The highest BCUT2D eigenvalue weighted by Crippen LogP contribution is 2.25. The van der Waals surface area contributed by atoms with E-state index in [0.717, 1.165) is 24.2 Å². The Balaban J connectivity index is 2.15. The Kier molecular flexibility index (Phi) is 4.94. The van der Waals surface area contributed by atoms with Crippen LogP contribution in [-0.2, 0) is 16.3 Å². The van der Waals surface area contributed by atoms with E-state index < -0.39 is 9.84 Å². The molecule has 1 saturated heterocycles. The summed E-state index contributed by atoms with van der Waals surface area (Å²) in [4.78, 5) is 2.09. The highest BCUT2D eigenvalue weighted by atomic mass is 35.5. The molecule has 0 aliphatic carbocycles. The highest BCUT2D eigenvalue weighted by molar-refractivity contribution is 7.91. The van der Waals surface area contributed by atoms with E-state index in [4.69, 9.17) is 17.3 Å². The van der Waals surface area contributed by atoms with E-state index in [9.17, 15) is 8.42 Å². The van der Waals surface area contributed by atoms with Crippen molar-refractivity contribution in [2.75, 3.05) is 29.5 Å². The van der Waals surface area contributed by atoms with E-state index in [2.05, 4.69) is 4.90 Å². The van der Waals surface area contributed by atoms with E-state index in [1.165, 1.54) is 0 Å². The zero-order valence-electron chi connectivity index (χ0n) is 11.7. The molecule has 2 rings (SSSR count). The van der Waals surface area contributed by atoms with Crippen molar-refractivity contribution in [2.24, 2.45) is 5.73 Å². The molecule has 1 aromatic carbocycles. The van der Waals surface area contributed by atoms with Crippen molar-refractivity contribution in [3.63, 3.8) is 0 Å². The maximum atomic E-state index is 11.6. The number of hydrogen-bond acceptors (Lipinski definition) is 4. The van der Waals surface area contributed by atoms with Crippen molar-refractivity contribution in [3.8, 4) is 0 Å². The normalized spacial score (nSPS) is 20.4. The molecular formula is C14H21ClN2O2S.